The van der Waals surface area contributed by atoms with Gasteiger partial charge in [0.15, 0.2) is 0 Å². The van der Waals surface area contributed by atoms with Crippen molar-refractivity contribution >= 4 is 24.1 Å². The fourth-order valence-electron chi connectivity index (χ4n) is 11.1. The van der Waals surface area contributed by atoms with Gasteiger partial charge in [0.1, 0.15) is 74.3 Å². The fourth-order valence-corrected chi connectivity index (χ4v) is 11.1. The van der Waals surface area contributed by atoms with E-state index in [0.717, 1.165) is 78.5 Å². The van der Waals surface area contributed by atoms with E-state index in [1.165, 1.54) is 13.2 Å². The summed E-state index contributed by atoms with van der Waals surface area (Å²) in [6.07, 6.45) is 8.23. The minimum absolute atomic E-state index is 0. The van der Waals surface area contributed by atoms with Gasteiger partial charge in [-0.3, -0.25) is 0 Å². The van der Waals surface area contributed by atoms with Crippen molar-refractivity contribution in [2.45, 2.75) is 170 Å². The molecule has 2 amide bonds. The molecule has 92 heavy (non-hydrogen) atoms. The van der Waals surface area contributed by atoms with Crippen molar-refractivity contribution in [2.75, 3.05) is 46.6 Å². The minimum atomic E-state index is -1.30. The quantitative estimate of drug-likeness (QED) is 0.0223. The average Bonchev–Trinajstić information content (AvgIpc) is 1.54. The van der Waals surface area contributed by atoms with E-state index in [0.29, 0.717) is 117 Å². The molecule has 6 aromatic carbocycles. The molecule has 2 heterocycles. The van der Waals surface area contributed by atoms with Gasteiger partial charge >= 0.3 is 37.0 Å². The Labute approximate surface area is 554 Å². The van der Waals surface area contributed by atoms with Gasteiger partial charge in [-0.05, 0) is 165 Å². The zero-order chi connectivity index (χ0) is 65.8. The zero-order valence-corrected chi connectivity index (χ0v) is 55.8. The van der Waals surface area contributed by atoms with E-state index in [-0.39, 0.29) is 65.9 Å². The van der Waals surface area contributed by atoms with Crippen LogP contribution in [0, 0.1) is 0 Å². The molecule has 18 nitrogen and oxygen atoms in total. The molecule has 0 aliphatic carbocycles. The van der Waals surface area contributed by atoms with E-state index in [2.05, 4.69) is 13.8 Å². The number of para-hydroxylation sites is 2. The first-order valence-corrected chi connectivity index (χ1v) is 31.9. The number of nitrogens with zero attached hydrogens (tertiary/aromatic N) is 2. The number of carboxylic acids is 1. The average molecular weight is 1260 g/mol. The van der Waals surface area contributed by atoms with Gasteiger partial charge in [-0.1, -0.05) is 76.9 Å². The molecular weight excluding hydrogens is 1170 g/mol. The third kappa shape index (κ3) is 19.9. The van der Waals surface area contributed by atoms with Crippen LogP contribution in [-0.4, -0.2) is 102 Å². The van der Waals surface area contributed by atoms with Gasteiger partial charge in [0, 0.05) is 65.9 Å². The number of benzene rings is 6. The number of carbonyl (C=O) groups is 4. The summed E-state index contributed by atoms with van der Waals surface area (Å²) < 4.78 is 52.9. The molecule has 490 valence electrons. The summed E-state index contributed by atoms with van der Waals surface area (Å²) in [5.74, 6) is 2.86. The molecule has 2 aliphatic heterocycles. The first-order valence-electron chi connectivity index (χ1n) is 31.9. The third-order valence-electron chi connectivity index (χ3n) is 15.3. The van der Waals surface area contributed by atoms with Gasteiger partial charge in [-0.2, -0.15) is 0 Å². The molecular formula is C73H91LiN2O16. The van der Waals surface area contributed by atoms with E-state index in [1.54, 1.807) is 64.4 Å². The van der Waals surface area contributed by atoms with Crippen molar-refractivity contribution in [3.63, 3.8) is 0 Å². The van der Waals surface area contributed by atoms with Crippen LogP contribution in [0.5, 0.6) is 57.5 Å². The molecule has 0 aromatic heterocycles. The Kier molecular flexibility index (Phi) is 27.3. The summed E-state index contributed by atoms with van der Waals surface area (Å²) in [7, 11) is 1.35. The summed E-state index contributed by atoms with van der Waals surface area (Å²) in [4.78, 5) is 52.9. The van der Waals surface area contributed by atoms with Crippen LogP contribution in [0.3, 0.4) is 0 Å². The summed E-state index contributed by atoms with van der Waals surface area (Å²) in [5, 5.41) is 33.5. The van der Waals surface area contributed by atoms with Gasteiger partial charge < -0.3 is 72.5 Å². The summed E-state index contributed by atoms with van der Waals surface area (Å²) in [5.41, 5.74) is 4.27. The molecule has 0 saturated carbocycles. The molecule has 0 bridgehead atoms. The zero-order valence-electron chi connectivity index (χ0n) is 55.8. The maximum absolute atomic E-state index is 12.9. The Morgan fingerprint density at radius 2 is 0.880 bits per heavy atom. The standard InChI is InChI=1S/C37H47NO8.C36H45NO8.Li/c1-7-14-26-31(18-11-19-32(26)45-33-17-10-9-15-27(33)35(40)42-6)43-21-13-22-44-34-24-30(39)28(23-25(34)8-2)29-16-12-20-38(29)36(41)46-37(3,4)5;1-6-13-25-30(17-10-18-31(25)44-32-16-9-8-14-26(32)34(39)40)42-20-12-21-43-33-23-29(38)27(22-24(33)7-2)28-15-11-19-37(28)35(41)45-36(3,4)5;/h9-11,15,17-19,23-24,29,39H,7-8,12-14,16,20-22H2,1-6H3;8-10,14,16-18,22-23,28,38H,6-7,11-13,15,19-21H2,1-5H3,(H,39,40);/q;;+1/p-1. The number of phenols is 2. The summed E-state index contributed by atoms with van der Waals surface area (Å²) >= 11 is 0. The Hall–Kier alpha value is -8.20. The van der Waals surface area contributed by atoms with Crippen LogP contribution < -0.4 is 52.4 Å². The SMILES string of the molecule is CCCc1c(OCCCOc2cc(O)c(C3CCCN3C(=O)OC(C)(C)C)cc2CC)cccc1Oc1ccccc1C(=O)OC.CCCc1c(OCCCOc2cc(O)c(C3CCCN3C(=O)OC(C)(C)C)cc2CC)cccc1Oc1ccccc1C(=O)[O-].[Li+]. The molecule has 2 unspecified atom stereocenters. The molecule has 2 atom stereocenters. The predicted molar refractivity (Wildman–Crippen MR) is 346 cm³/mol. The van der Waals surface area contributed by atoms with Crippen LogP contribution >= 0.6 is 0 Å². The van der Waals surface area contributed by atoms with Crippen molar-refractivity contribution in [3.8, 4) is 57.5 Å². The van der Waals surface area contributed by atoms with E-state index >= 15 is 0 Å². The molecule has 2 fully saturated rings. The number of ether oxygens (including phenoxy) is 9. The largest absolute Gasteiger partial charge is 1.00 e. The molecule has 2 saturated heterocycles. The smallest absolute Gasteiger partial charge is 0.545 e. The number of amides is 2. The number of hydrogen-bond acceptors (Lipinski definition) is 16. The second-order valence-electron chi connectivity index (χ2n) is 24.5. The van der Waals surface area contributed by atoms with Crippen molar-refractivity contribution in [1.29, 1.82) is 0 Å². The van der Waals surface area contributed by atoms with Gasteiger partial charge in [-0.15, -0.1) is 0 Å². The Morgan fingerprint density at radius 1 is 0.511 bits per heavy atom. The number of rotatable bonds is 26. The molecule has 6 aromatic rings. The van der Waals surface area contributed by atoms with Crippen LogP contribution in [0.25, 0.3) is 0 Å². The minimum Gasteiger partial charge on any atom is -0.545 e. The molecule has 0 radical (unpaired) electrons. The first-order chi connectivity index (χ1) is 43.6. The monoisotopic (exact) mass is 1260 g/mol. The number of esters is 1. The number of methoxy groups -OCH3 is 1. The molecule has 19 heteroatoms. The number of aryl methyl sites for hydroxylation is 2. The van der Waals surface area contributed by atoms with Crippen molar-refractivity contribution < 1.29 is 96.0 Å². The normalized spacial score (nSPS) is 14.5. The van der Waals surface area contributed by atoms with Crippen LogP contribution in [0.15, 0.2) is 109 Å². The van der Waals surface area contributed by atoms with E-state index in [1.807, 2.05) is 104 Å². The third-order valence-corrected chi connectivity index (χ3v) is 15.3. The second-order valence-corrected chi connectivity index (χ2v) is 24.5. The molecule has 8 rings (SSSR count). The number of phenolic OH excluding ortho intramolecular Hbond substituents is 2. The van der Waals surface area contributed by atoms with Gasteiger partial charge in [0.2, 0.25) is 0 Å². The van der Waals surface area contributed by atoms with Crippen LogP contribution in [0.2, 0.25) is 0 Å². The van der Waals surface area contributed by atoms with Crippen LogP contribution in [0.1, 0.15) is 187 Å². The van der Waals surface area contributed by atoms with Crippen LogP contribution in [-0.2, 0) is 39.9 Å². The van der Waals surface area contributed by atoms with E-state index in [9.17, 15) is 34.5 Å². The first kappa shape index (κ1) is 72.9. The number of aromatic carboxylic acids is 1. The van der Waals surface area contributed by atoms with E-state index < -0.39 is 23.1 Å². The summed E-state index contributed by atoms with van der Waals surface area (Å²) in [6, 6.07) is 31.2. The van der Waals surface area contributed by atoms with Gasteiger partial charge in [0.25, 0.3) is 0 Å². The Bertz CT molecular complexity index is 3430. The number of hydrogen-bond donors (Lipinski definition) is 2. The number of carboxylic acid groups (broad SMARTS) is 1. The Morgan fingerprint density at radius 3 is 1.26 bits per heavy atom. The Balaban J connectivity index is 0.000000289. The summed E-state index contributed by atoms with van der Waals surface area (Å²) in [6.45, 7) is 22.0. The van der Waals surface area contributed by atoms with Gasteiger partial charge in [-0.25, -0.2) is 14.4 Å². The van der Waals surface area contributed by atoms with Crippen molar-refractivity contribution in [3.05, 3.63) is 154 Å². The van der Waals surface area contributed by atoms with Gasteiger partial charge in [0.05, 0.1) is 51.6 Å². The molecule has 2 N–H and O–H groups in total. The number of aromatic hydroxyl groups is 2. The molecule has 0 spiro atoms. The van der Waals surface area contributed by atoms with Crippen molar-refractivity contribution in [2.24, 2.45) is 0 Å². The number of likely N-dealkylation sites (tertiary alicyclic amines) is 2. The van der Waals surface area contributed by atoms with Crippen molar-refractivity contribution in [1.82, 2.24) is 9.80 Å². The van der Waals surface area contributed by atoms with E-state index in [4.69, 9.17) is 42.6 Å². The van der Waals surface area contributed by atoms with Crippen LogP contribution in [0.4, 0.5) is 9.59 Å². The number of carbonyl (C=O) groups excluding carboxylic acids is 4. The fraction of sp³-hybridized carbons (Fsp3) is 0.452. The predicted octanol–water partition coefficient (Wildman–Crippen LogP) is 12.4. The maximum Gasteiger partial charge on any atom is 1.00 e. The molecule has 2 aliphatic rings. The second kappa shape index (κ2) is 34.5. The maximum atomic E-state index is 12.9. The topological polar surface area (TPSA) is 221 Å².